The number of ether oxygens (including phenoxy) is 1. The van der Waals surface area contributed by atoms with E-state index in [-0.39, 0.29) is 16.3 Å². The van der Waals surface area contributed by atoms with E-state index in [2.05, 4.69) is 5.32 Å². The van der Waals surface area contributed by atoms with Gasteiger partial charge in [0.15, 0.2) is 0 Å². The summed E-state index contributed by atoms with van der Waals surface area (Å²) in [4.78, 5) is 38.9. The summed E-state index contributed by atoms with van der Waals surface area (Å²) in [5.74, 6) is -1.12. The molecule has 1 saturated heterocycles. The van der Waals surface area contributed by atoms with E-state index >= 15 is 0 Å². The molecule has 2 heterocycles. The van der Waals surface area contributed by atoms with Gasteiger partial charge < -0.3 is 9.30 Å². The van der Waals surface area contributed by atoms with Gasteiger partial charge in [-0.3, -0.25) is 14.9 Å². The molecule has 0 saturated carbocycles. The van der Waals surface area contributed by atoms with E-state index in [0.29, 0.717) is 23.0 Å². The lowest BCUT2D eigenvalue weighted by molar-refractivity contribution is -0.122. The van der Waals surface area contributed by atoms with Crippen LogP contribution in [-0.4, -0.2) is 29.5 Å². The van der Waals surface area contributed by atoms with Crippen molar-refractivity contribution in [3.63, 3.8) is 0 Å². The van der Waals surface area contributed by atoms with Crippen LogP contribution in [0.2, 0.25) is 10.0 Å². The minimum atomic E-state index is -0.852. The van der Waals surface area contributed by atoms with E-state index in [1.165, 1.54) is 31.4 Å². The second-order valence-electron chi connectivity index (χ2n) is 6.96. The Morgan fingerprint density at radius 3 is 2.47 bits per heavy atom. The van der Waals surface area contributed by atoms with Gasteiger partial charge in [0, 0.05) is 23.5 Å². The number of imide groups is 2. The molecule has 4 amide bonds. The Hall–Kier alpha value is -3.55. The fraction of sp³-hybridized carbons (Fsp3) is 0.0870. The van der Waals surface area contributed by atoms with Crippen LogP contribution in [0.3, 0.4) is 0 Å². The number of anilines is 1. The Morgan fingerprint density at radius 2 is 1.78 bits per heavy atom. The highest BCUT2D eigenvalue weighted by atomic mass is 35.5. The summed E-state index contributed by atoms with van der Waals surface area (Å²) in [6.45, 7) is 0.510. The van der Waals surface area contributed by atoms with Gasteiger partial charge in [-0.1, -0.05) is 35.3 Å². The zero-order valence-electron chi connectivity index (χ0n) is 16.8. The van der Waals surface area contributed by atoms with E-state index < -0.39 is 17.8 Å². The van der Waals surface area contributed by atoms with Crippen LogP contribution < -0.4 is 15.0 Å². The summed E-state index contributed by atoms with van der Waals surface area (Å²) in [5, 5.41) is 3.07. The van der Waals surface area contributed by atoms with Gasteiger partial charge in [0.05, 0.1) is 17.8 Å². The first kappa shape index (κ1) is 21.7. The van der Waals surface area contributed by atoms with Crippen molar-refractivity contribution >= 4 is 52.8 Å². The van der Waals surface area contributed by atoms with Gasteiger partial charge in [-0.15, -0.1) is 0 Å². The molecule has 0 radical (unpaired) electrons. The summed E-state index contributed by atoms with van der Waals surface area (Å²) >= 11 is 12.1. The number of benzene rings is 2. The van der Waals surface area contributed by atoms with E-state index in [9.17, 15) is 14.4 Å². The summed E-state index contributed by atoms with van der Waals surface area (Å²) in [6.07, 6.45) is 3.29. The van der Waals surface area contributed by atoms with E-state index in [1.807, 2.05) is 22.9 Å². The maximum absolute atomic E-state index is 13.1. The number of aromatic nitrogens is 1. The van der Waals surface area contributed by atoms with Gasteiger partial charge in [-0.05, 0) is 54.1 Å². The van der Waals surface area contributed by atoms with Crippen LogP contribution in [0.5, 0.6) is 5.75 Å². The zero-order valence-corrected chi connectivity index (χ0v) is 18.4. The SMILES string of the molecule is COc1ccc(N2C(=O)NC(=O)/C(=C\c3cccn3Cc3ccc(Cl)cc3)C2=O)cc1Cl. The smallest absolute Gasteiger partial charge is 0.335 e. The van der Waals surface area contributed by atoms with E-state index in [0.717, 1.165) is 10.5 Å². The Labute approximate surface area is 193 Å². The second kappa shape index (κ2) is 8.90. The van der Waals surface area contributed by atoms with Gasteiger partial charge in [0.1, 0.15) is 11.3 Å². The lowest BCUT2D eigenvalue weighted by atomic mass is 10.1. The molecule has 32 heavy (non-hydrogen) atoms. The molecule has 0 aliphatic carbocycles. The lowest BCUT2D eigenvalue weighted by Crippen LogP contribution is -2.54. The van der Waals surface area contributed by atoms with E-state index in [4.69, 9.17) is 27.9 Å². The fourth-order valence-corrected chi connectivity index (χ4v) is 3.70. The molecule has 9 heteroatoms. The molecule has 7 nitrogen and oxygen atoms in total. The van der Waals surface area contributed by atoms with Gasteiger partial charge in [0.25, 0.3) is 11.8 Å². The Kier molecular flexibility index (Phi) is 6.03. The zero-order chi connectivity index (χ0) is 22.8. The summed E-state index contributed by atoms with van der Waals surface area (Å²) < 4.78 is 6.98. The van der Waals surface area contributed by atoms with Crippen LogP contribution in [0.4, 0.5) is 10.5 Å². The predicted octanol–water partition coefficient (Wildman–Crippen LogP) is 4.52. The molecule has 0 bridgehead atoms. The number of halogens is 2. The van der Waals surface area contributed by atoms with Gasteiger partial charge in [0.2, 0.25) is 0 Å². The first-order valence-corrected chi connectivity index (χ1v) is 10.3. The fourth-order valence-electron chi connectivity index (χ4n) is 3.32. The standard InChI is InChI=1S/C23H17Cl2N3O4/c1-32-20-9-8-17(12-19(20)25)28-22(30)18(21(29)26-23(28)31)11-16-3-2-10-27(16)13-14-4-6-15(24)7-5-14/h2-12H,13H2,1H3,(H,26,29,31)/b18-11+. The molecule has 2 aromatic carbocycles. The van der Waals surface area contributed by atoms with Crippen molar-refractivity contribution in [2.24, 2.45) is 0 Å². The molecule has 4 rings (SSSR count). The normalized spacial score (nSPS) is 15.3. The molecule has 1 aliphatic heterocycles. The van der Waals surface area contributed by atoms with Crippen molar-refractivity contribution in [2.75, 3.05) is 12.0 Å². The largest absolute Gasteiger partial charge is 0.495 e. The number of urea groups is 1. The highest BCUT2D eigenvalue weighted by Crippen LogP contribution is 2.31. The molecular weight excluding hydrogens is 453 g/mol. The molecule has 1 aromatic heterocycles. The quantitative estimate of drug-likeness (QED) is 0.439. The Bertz CT molecular complexity index is 1250. The van der Waals surface area contributed by atoms with Gasteiger partial charge in [-0.2, -0.15) is 0 Å². The number of carbonyl (C=O) groups is 3. The van der Waals surface area contributed by atoms with Crippen LogP contribution in [0.1, 0.15) is 11.3 Å². The summed E-state index contributed by atoms with van der Waals surface area (Å²) in [5.41, 5.74) is 1.66. The molecular formula is C23H17Cl2N3O4. The molecule has 0 spiro atoms. The van der Waals surface area contributed by atoms with Crippen molar-refractivity contribution in [1.82, 2.24) is 9.88 Å². The van der Waals surface area contributed by atoms with Crippen LogP contribution in [0, 0.1) is 0 Å². The van der Waals surface area contributed by atoms with Crippen LogP contribution in [-0.2, 0) is 16.1 Å². The number of nitrogens with one attached hydrogen (secondary N) is 1. The third kappa shape index (κ3) is 4.26. The highest BCUT2D eigenvalue weighted by molar-refractivity contribution is 6.39. The maximum atomic E-state index is 13.1. The van der Waals surface area contributed by atoms with Crippen molar-refractivity contribution < 1.29 is 19.1 Å². The number of amides is 4. The molecule has 0 unspecified atom stereocenters. The summed E-state index contributed by atoms with van der Waals surface area (Å²) in [6, 6.07) is 14.6. The number of rotatable bonds is 5. The topological polar surface area (TPSA) is 80.6 Å². The number of hydrogen-bond acceptors (Lipinski definition) is 4. The molecule has 162 valence electrons. The van der Waals surface area contributed by atoms with E-state index in [1.54, 1.807) is 24.3 Å². The third-order valence-electron chi connectivity index (χ3n) is 4.92. The molecule has 0 atom stereocenters. The average molecular weight is 470 g/mol. The van der Waals surface area contributed by atoms with Gasteiger partial charge >= 0.3 is 6.03 Å². The second-order valence-corrected chi connectivity index (χ2v) is 7.81. The number of carbonyl (C=O) groups excluding carboxylic acids is 3. The third-order valence-corrected chi connectivity index (χ3v) is 5.47. The summed E-state index contributed by atoms with van der Waals surface area (Å²) in [7, 11) is 1.46. The number of hydrogen-bond donors (Lipinski definition) is 1. The highest BCUT2D eigenvalue weighted by Gasteiger charge is 2.37. The molecule has 3 aromatic rings. The van der Waals surface area contributed by atoms with Crippen molar-refractivity contribution in [1.29, 1.82) is 0 Å². The Morgan fingerprint density at radius 1 is 1.03 bits per heavy atom. The minimum absolute atomic E-state index is 0.174. The first-order valence-electron chi connectivity index (χ1n) is 9.52. The van der Waals surface area contributed by atoms with Crippen molar-refractivity contribution in [3.05, 3.63) is 87.7 Å². The monoisotopic (exact) mass is 469 g/mol. The molecule has 1 fully saturated rings. The number of methoxy groups -OCH3 is 1. The Balaban J connectivity index is 1.66. The average Bonchev–Trinajstić information content (AvgIpc) is 3.19. The number of barbiturate groups is 1. The minimum Gasteiger partial charge on any atom is -0.495 e. The van der Waals surface area contributed by atoms with Crippen LogP contribution >= 0.6 is 23.2 Å². The van der Waals surface area contributed by atoms with Crippen LogP contribution in [0.15, 0.2) is 66.4 Å². The maximum Gasteiger partial charge on any atom is 0.335 e. The first-order chi connectivity index (χ1) is 15.4. The van der Waals surface area contributed by atoms with Crippen molar-refractivity contribution in [2.45, 2.75) is 6.54 Å². The molecule has 1 N–H and O–H groups in total. The molecule has 1 aliphatic rings. The predicted molar refractivity (Wildman–Crippen MR) is 122 cm³/mol. The van der Waals surface area contributed by atoms with Crippen molar-refractivity contribution in [3.8, 4) is 5.75 Å². The van der Waals surface area contributed by atoms with Crippen LogP contribution in [0.25, 0.3) is 6.08 Å². The van der Waals surface area contributed by atoms with Gasteiger partial charge in [-0.25, -0.2) is 9.69 Å². The lowest BCUT2D eigenvalue weighted by Gasteiger charge is -2.26. The number of nitrogens with zero attached hydrogens (tertiary/aromatic N) is 2.